The smallest absolute Gasteiger partial charge is 0.393 e. The Balaban J connectivity index is 2.57. The lowest BCUT2D eigenvalue weighted by atomic mass is 9.97. The molecule has 0 bridgehead atoms. The number of aliphatic hydroxyl groups is 1. The van der Waals surface area contributed by atoms with Gasteiger partial charge in [0.25, 0.3) is 0 Å². The van der Waals surface area contributed by atoms with Crippen LogP contribution in [-0.2, 0) is 0 Å². The number of aliphatic hydroxyl groups excluding tert-OH is 1. The first-order valence-electron chi connectivity index (χ1n) is 3.44. The summed E-state index contributed by atoms with van der Waals surface area (Å²) in [5, 5.41) is 11.2. The number of alkyl halides is 3. The number of hydrogen-bond donors (Lipinski definition) is 2. The van der Waals surface area contributed by atoms with Gasteiger partial charge in [0.15, 0.2) is 0 Å². The molecule has 2 nitrogen and oxygen atoms in total. The van der Waals surface area contributed by atoms with E-state index in [0.717, 1.165) is 0 Å². The van der Waals surface area contributed by atoms with E-state index < -0.39 is 24.6 Å². The molecule has 0 aromatic carbocycles. The van der Waals surface area contributed by atoms with Crippen LogP contribution in [0.25, 0.3) is 0 Å². The molecule has 0 saturated carbocycles. The molecule has 0 amide bonds. The Hall–Kier alpha value is -0.290. The summed E-state index contributed by atoms with van der Waals surface area (Å²) in [6.45, 7) is -0.188. The van der Waals surface area contributed by atoms with E-state index in [1.54, 1.807) is 0 Å². The van der Waals surface area contributed by atoms with Gasteiger partial charge in [0.2, 0.25) is 0 Å². The summed E-state index contributed by atoms with van der Waals surface area (Å²) >= 11 is 0. The fourth-order valence-corrected chi connectivity index (χ4v) is 1.31. The minimum absolute atomic E-state index is 0.0608. The molecule has 0 radical (unpaired) electrons. The highest BCUT2D eigenvalue weighted by Crippen LogP contribution is 2.33. The summed E-state index contributed by atoms with van der Waals surface area (Å²) in [4.78, 5) is 0. The standard InChI is InChI=1S/C6H10F3NO/c7-6(8,9)5-2-10-1-4(5)3-11/h4-5,10-11H,1-3H2/t4-,5-/m1/s1. The van der Waals surface area contributed by atoms with Crippen molar-refractivity contribution in [3.63, 3.8) is 0 Å². The minimum atomic E-state index is -4.17. The molecule has 1 heterocycles. The maximum absolute atomic E-state index is 12.0. The number of rotatable bonds is 1. The second-order valence-electron chi connectivity index (χ2n) is 2.75. The summed E-state index contributed by atoms with van der Waals surface area (Å²) in [5.74, 6) is -2.03. The molecule has 2 atom stereocenters. The molecule has 66 valence electrons. The summed E-state index contributed by atoms with van der Waals surface area (Å²) in [7, 11) is 0. The van der Waals surface area contributed by atoms with Gasteiger partial charge in [-0.2, -0.15) is 13.2 Å². The first-order valence-corrected chi connectivity index (χ1v) is 3.44. The highest BCUT2D eigenvalue weighted by Gasteiger charge is 2.46. The lowest BCUT2D eigenvalue weighted by molar-refractivity contribution is -0.181. The van der Waals surface area contributed by atoms with Crippen molar-refractivity contribution >= 4 is 0 Å². The molecule has 1 aliphatic rings. The van der Waals surface area contributed by atoms with E-state index in [9.17, 15) is 13.2 Å². The lowest BCUT2D eigenvalue weighted by Crippen LogP contribution is -2.31. The van der Waals surface area contributed by atoms with Crippen molar-refractivity contribution in [1.29, 1.82) is 0 Å². The number of nitrogens with one attached hydrogen (secondary N) is 1. The zero-order chi connectivity index (χ0) is 8.48. The third-order valence-electron chi connectivity index (χ3n) is 1.99. The monoisotopic (exact) mass is 169 g/mol. The zero-order valence-corrected chi connectivity index (χ0v) is 5.86. The molecular weight excluding hydrogens is 159 g/mol. The minimum Gasteiger partial charge on any atom is -0.396 e. The van der Waals surface area contributed by atoms with Crippen LogP contribution in [0.5, 0.6) is 0 Å². The van der Waals surface area contributed by atoms with Crippen molar-refractivity contribution in [2.45, 2.75) is 6.18 Å². The molecule has 0 spiro atoms. The third-order valence-corrected chi connectivity index (χ3v) is 1.99. The summed E-state index contributed by atoms with van der Waals surface area (Å²) < 4.78 is 36.1. The van der Waals surface area contributed by atoms with Crippen molar-refractivity contribution in [1.82, 2.24) is 5.32 Å². The van der Waals surface area contributed by atoms with Gasteiger partial charge in [-0.3, -0.25) is 0 Å². The fraction of sp³-hybridized carbons (Fsp3) is 1.00. The van der Waals surface area contributed by atoms with Gasteiger partial charge in [0.1, 0.15) is 0 Å². The van der Waals surface area contributed by atoms with E-state index in [2.05, 4.69) is 5.32 Å². The highest BCUT2D eigenvalue weighted by atomic mass is 19.4. The average molecular weight is 169 g/mol. The first kappa shape index (κ1) is 8.80. The number of hydrogen-bond acceptors (Lipinski definition) is 2. The summed E-state index contributed by atoms with van der Waals surface area (Å²) in [6.07, 6.45) is -4.17. The van der Waals surface area contributed by atoms with Crippen LogP contribution in [0.4, 0.5) is 13.2 Å². The largest absolute Gasteiger partial charge is 0.396 e. The predicted molar refractivity (Wildman–Crippen MR) is 33.0 cm³/mol. The molecule has 1 fully saturated rings. The van der Waals surface area contributed by atoms with E-state index in [-0.39, 0.29) is 13.1 Å². The van der Waals surface area contributed by atoms with Gasteiger partial charge in [0, 0.05) is 25.6 Å². The van der Waals surface area contributed by atoms with E-state index >= 15 is 0 Å². The molecule has 1 rings (SSSR count). The van der Waals surface area contributed by atoms with Gasteiger partial charge >= 0.3 is 6.18 Å². The van der Waals surface area contributed by atoms with E-state index in [0.29, 0.717) is 0 Å². The fourth-order valence-electron chi connectivity index (χ4n) is 1.31. The molecular formula is C6H10F3NO. The van der Waals surface area contributed by atoms with Gasteiger partial charge in [0.05, 0.1) is 5.92 Å². The van der Waals surface area contributed by atoms with Gasteiger partial charge < -0.3 is 10.4 Å². The van der Waals surface area contributed by atoms with E-state index in [1.165, 1.54) is 0 Å². The van der Waals surface area contributed by atoms with Gasteiger partial charge in [-0.1, -0.05) is 0 Å². The second-order valence-corrected chi connectivity index (χ2v) is 2.75. The Labute approximate surface area is 62.4 Å². The Morgan fingerprint density at radius 2 is 2.00 bits per heavy atom. The van der Waals surface area contributed by atoms with Crippen LogP contribution < -0.4 is 5.32 Å². The Morgan fingerprint density at radius 1 is 1.36 bits per heavy atom. The average Bonchev–Trinajstić information content (AvgIpc) is 2.31. The van der Waals surface area contributed by atoms with Crippen molar-refractivity contribution in [2.24, 2.45) is 11.8 Å². The van der Waals surface area contributed by atoms with Gasteiger partial charge in [-0.15, -0.1) is 0 Å². The Morgan fingerprint density at radius 3 is 2.36 bits per heavy atom. The maximum Gasteiger partial charge on any atom is 0.393 e. The Bertz CT molecular complexity index is 136. The van der Waals surface area contributed by atoms with Crippen LogP contribution in [-0.4, -0.2) is 31.0 Å². The van der Waals surface area contributed by atoms with Gasteiger partial charge in [-0.25, -0.2) is 0 Å². The number of halogens is 3. The third kappa shape index (κ3) is 1.84. The molecule has 0 aliphatic carbocycles. The zero-order valence-electron chi connectivity index (χ0n) is 5.86. The first-order chi connectivity index (χ1) is 5.05. The molecule has 1 saturated heterocycles. The van der Waals surface area contributed by atoms with Crippen LogP contribution in [0.2, 0.25) is 0 Å². The second kappa shape index (κ2) is 2.98. The van der Waals surface area contributed by atoms with E-state index in [1.807, 2.05) is 0 Å². The van der Waals surface area contributed by atoms with Crippen LogP contribution in [0.15, 0.2) is 0 Å². The van der Waals surface area contributed by atoms with Gasteiger partial charge in [-0.05, 0) is 0 Å². The molecule has 1 aliphatic heterocycles. The summed E-state index contributed by atoms with van der Waals surface area (Å²) in [6, 6.07) is 0. The van der Waals surface area contributed by atoms with Crippen LogP contribution in [0.1, 0.15) is 0 Å². The summed E-state index contributed by atoms with van der Waals surface area (Å²) in [5.41, 5.74) is 0. The molecule has 0 unspecified atom stereocenters. The van der Waals surface area contributed by atoms with Crippen molar-refractivity contribution in [3.05, 3.63) is 0 Å². The normalized spacial score (nSPS) is 32.7. The van der Waals surface area contributed by atoms with Crippen LogP contribution in [0.3, 0.4) is 0 Å². The topological polar surface area (TPSA) is 32.3 Å². The van der Waals surface area contributed by atoms with Crippen molar-refractivity contribution in [3.8, 4) is 0 Å². The van der Waals surface area contributed by atoms with Crippen LogP contribution >= 0.6 is 0 Å². The highest BCUT2D eigenvalue weighted by molar-refractivity contribution is 4.85. The molecule has 0 aromatic rings. The van der Waals surface area contributed by atoms with Crippen molar-refractivity contribution in [2.75, 3.05) is 19.7 Å². The predicted octanol–water partition coefficient (Wildman–Crippen LogP) is 0.377. The quantitative estimate of drug-likeness (QED) is 0.594. The molecule has 0 aromatic heterocycles. The molecule has 5 heteroatoms. The van der Waals surface area contributed by atoms with Crippen LogP contribution in [0, 0.1) is 11.8 Å². The Kier molecular flexibility index (Phi) is 2.39. The molecule has 11 heavy (non-hydrogen) atoms. The van der Waals surface area contributed by atoms with Crippen molar-refractivity contribution < 1.29 is 18.3 Å². The molecule has 2 N–H and O–H groups in total. The maximum atomic E-state index is 12.0. The SMILES string of the molecule is OC[C@H]1CNC[C@H]1C(F)(F)F. The lowest BCUT2D eigenvalue weighted by Gasteiger charge is -2.18. The van der Waals surface area contributed by atoms with E-state index in [4.69, 9.17) is 5.11 Å².